The molecule has 0 aliphatic carbocycles. The van der Waals surface area contributed by atoms with Gasteiger partial charge in [0.15, 0.2) is 5.82 Å². The van der Waals surface area contributed by atoms with Gasteiger partial charge in [0.1, 0.15) is 11.8 Å². The maximum Gasteiger partial charge on any atom is 0.266 e. The molecule has 142 valence electrons. The van der Waals surface area contributed by atoms with Crippen molar-refractivity contribution >= 4 is 10.9 Å². The van der Waals surface area contributed by atoms with E-state index in [1.54, 1.807) is 4.57 Å². The summed E-state index contributed by atoms with van der Waals surface area (Å²) in [5.41, 5.74) is 1.40. The largest absolute Gasteiger partial charge is 0.492 e. The van der Waals surface area contributed by atoms with Crippen LogP contribution >= 0.6 is 0 Å². The second-order valence-corrected chi connectivity index (χ2v) is 7.18. The van der Waals surface area contributed by atoms with Crippen molar-refractivity contribution in [3.05, 3.63) is 64.7 Å². The molecule has 27 heavy (non-hydrogen) atoms. The van der Waals surface area contributed by atoms with Gasteiger partial charge in [0.2, 0.25) is 0 Å². The Hall–Kier alpha value is -2.66. The molecule has 0 fully saturated rings. The number of benzene rings is 2. The summed E-state index contributed by atoms with van der Waals surface area (Å²) in [6.07, 6.45) is 0. The first-order chi connectivity index (χ1) is 13.0. The average Bonchev–Trinajstić information content (AvgIpc) is 2.67. The maximum absolute atomic E-state index is 13.4. The van der Waals surface area contributed by atoms with E-state index in [4.69, 9.17) is 9.72 Å². The number of fused-ring (bicyclic) bond motifs is 1. The Morgan fingerprint density at radius 3 is 2.52 bits per heavy atom. The van der Waals surface area contributed by atoms with E-state index in [0.29, 0.717) is 23.7 Å². The van der Waals surface area contributed by atoms with Crippen LogP contribution in [-0.4, -0.2) is 22.7 Å². The number of nitrogens with zero attached hydrogens (tertiary/aromatic N) is 2. The third-order valence-electron chi connectivity index (χ3n) is 4.58. The van der Waals surface area contributed by atoms with Crippen LogP contribution in [0.3, 0.4) is 0 Å². The van der Waals surface area contributed by atoms with E-state index in [1.165, 1.54) is 0 Å². The highest BCUT2D eigenvalue weighted by Crippen LogP contribution is 2.24. The highest BCUT2D eigenvalue weighted by Gasteiger charge is 2.22. The summed E-state index contributed by atoms with van der Waals surface area (Å²) in [6, 6.07) is 15.2. The molecule has 0 bridgehead atoms. The molecular weight excluding hydrogens is 338 g/mol. The summed E-state index contributed by atoms with van der Waals surface area (Å²) in [7, 11) is 0. The summed E-state index contributed by atoms with van der Waals surface area (Å²) in [5, 5.41) is 2.85. The van der Waals surface area contributed by atoms with Gasteiger partial charge in [0, 0.05) is 5.92 Å². The summed E-state index contributed by atoms with van der Waals surface area (Å²) in [5.74, 6) is 1.99. The van der Waals surface area contributed by atoms with E-state index in [9.17, 15) is 4.79 Å². The second kappa shape index (κ2) is 8.35. The van der Waals surface area contributed by atoms with Gasteiger partial charge in [-0.25, -0.2) is 4.98 Å². The van der Waals surface area contributed by atoms with Crippen molar-refractivity contribution in [2.45, 2.75) is 33.7 Å². The number of hydrogen-bond acceptors (Lipinski definition) is 3. The number of para-hydroxylation sites is 3. The van der Waals surface area contributed by atoms with Crippen LogP contribution in [-0.2, 0) is 0 Å². The van der Waals surface area contributed by atoms with Gasteiger partial charge in [-0.1, -0.05) is 38.1 Å². The molecule has 1 atom stereocenters. The fourth-order valence-electron chi connectivity index (χ4n) is 3.19. The third-order valence-corrected chi connectivity index (χ3v) is 4.58. The van der Waals surface area contributed by atoms with Crippen molar-refractivity contribution in [3.8, 4) is 11.4 Å². The van der Waals surface area contributed by atoms with E-state index < -0.39 is 0 Å². The minimum Gasteiger partial charge on any atom is -0.492 e. The molecule has 0 amide bonds. The van der Waals surface area contributed by atoms with E-state index in [2.05, 4.69) is 26.1 Å². The van der Waals surface area contributed by atoms with E-state index in [-0.39, 0.29) is 11.6 Å². The predicted molar refractivity (Wildman–Crippen MR) is 109 cm³/mol. The van der Waals surface area contributed by atoms with Crippen LogP contribution in [0.5, 0.6) is 5.75 Å². The molecular formula is C22H28N3O2+. The van der Waals surface area contributed by atoms with Gasteiger partial charge >= 0.3 is 0 Å². The molecule has 3 aromatic rings. The summed E-state index contributed by atoms with van der Waals surface area (Å²) in [6.45, 7) is 9.92. The summed E-state index contributed by atoms with van der Waals surface area (Å²) < 4.78 is 7.51. The molecule has 1 aromatic heterocycles. The lowest BCUT2D eigenvalue weighted by Crippen LogP contribution is -2.86. The predicted octanol–water partition coefficient (Wildman–Crippen LogP) is 3.06. The smallest absolute Gasteiger partial charge is 0.266 e. The molecule has 0 aliphatic rings. The molecule has 5 heteroatoms. The van der Waals surface area contributed by atoms with Gasteiger partial charge in [-0.2, -0.15) is 0 Å². The zero-order valence-corrected chi connectivity index (χ0v) is 16.5. The van der Waals surface area contributed by atoms with Gasteiger partial charge < -0.3 is 10.1 Å². The van der Waals surface area contributed by atoms with E-state index in [1.807, 2.05) is 55.5 Å². The van der Waals surface area contributed by atoms with Crippen molar-refractivity contribution in [2.24, 2.45) is 5.92 Å². The summed E-state index contributed by atoms with van der Waals surface area (Å²) >= 11 is 0. The third kappa shape index (κ3) is 4.03. The van der Waals surface area contributed by atoms with Crippen LogP contribution in [0, 0.1) is 5.92 Å². The van der Waals surface area contributed by atoms with E-state index >= 15 is 0 Å². The molecule has 0 unspecified atom stereocenters. The van der Waals surface area contributed by atoms with Crippen molar-refractivity contribution in [2.75, 3.05) is 13.2 Å². The normalized spacial score (nSPS) is 12.5. The molecule has 0 aliphatic heterocycles. The molecule has 2 N–H and O–H groups in total. The van der Waals surface area contributed by atoms with Crippen LogP contribution < -0.4 is 15.6 Å². The van der Waals surface area contributed by atoms with Crippen LogP contribution in [0.1, 0.15) is 39.6 Å². The van der Waals surface area contributed by atoms with Crippen LogP contribution in [0.25, 0.3) is 16.6 Å². The van der Waals surface area contributed by atoms with Gasteiger partial charge in [-0.3, -0.25) is 9.36 Å². The van der Waals surface area contributed by atoms with Gasteiger partial charge in [-0.15, -0.1) is 0 Å². The first-order valence-corrected chi connectivity index (χ1v) is 9.60. The SMILES string of the molecule is CCOc1ccccc1-n1c([C@@H](C)[NH2+]CC(C)C)nc2ccccc2c1=O. The average molecular weight is 366 g/mol. The Labute approximate surface area is 160 Å². The molecule has 5 nitrogen and oxygen atoms in total. The molecule has 2 aromatic carbocycles. The first-order valence-electron chi connectivity index (χ1n) is 9.60. The first kappa shape index (κ1) is 19.1. The van der Waals surface area contributed by atoms with Crippen LogP contribution in [0.2, 0.25) is 0 Å². The highest BCUT2D eigenvalue weighted by atomic mass is 16.5. The lowest BCUT2D eigenvalue weighted by molar-refractivity contribution is -0.698. The molecule has 3 rings (SSSR count). The molecule has 0 saturated carbocycles. The Balaban J connectivity index is 2.25. The Kier molecular flexibility index (Phi) is 5.91. The van der Waals surface area contributed by atoms with Crippen molar-refractivity contribution in [1.82, 2.24) is 9.55 Å². The fraction of sp³-hybridized carbons (Fsp3) is 0.364. The monoisotopic (exact) mass is 366 g/mol. The molecule has 1 heterocycles. The maximum atomic E-state index is 13.4. The number of aromatic nitrogens is 2. The number of ether oxygens (including phenoxy) is 1. The Bertz CT molecular complexity index is 979. The lowest BCUT2D eigenvalue weighted by atomic mass is 10.1. The quantitative estimate of drug-likeness (QED) is 0.699. The minimum atomic E-state index is -0.0625. The number of nitrogens with two attached hydrogens (primary N) is 1. The topological polar surface area (TPSA) is 60.7 Å². The highest BCUT2D eigenvalue weighted by molar-refractivity contribution is 5.78. The fourth-order valence-corrected chi connectivity index (χ4v) is 3.19. The second-order valence-electron chi connectivity index (χ2n) is 7.18. The standard InChI is InChI=1S/C22H27N3O2/c1-5-27-20-13-9-8-12-19(20)25-21(16(4)23-14-15(2)3)24-18-11-7-6-10-17(18)22(25)26/h6-13,15-16,23H,5,14H2,1-4H3/p+1/t16-/m1/s1. The summed E-state index contributed by atoms with van der Waals surface area (Å²) in [4.78, 5) is 18.3. The zero-order chi connectivity index (χ0) is 19.4. The van der Waals surface area contributed by atoms with E-state index in [0.717, 1.165) is 23.6 Å². The molecule has 0 radical (unpaired) electrons. The van der Waals surface area contributed by atoms with Crippen LogP contribution in [0.4, 0.5) is 0 Å². The molecule has 0 spiro atoms. The van der Waals surface area contributed by atoms with Crippen molar-refractivity contribution in [3.63, 3.8) is 0 Å². The van der Waals surface area contributed by atoms with Crippen molar-refractivity contribution < 1.29 is 10.1 Å². The number of hydrogen-bond donors (Lipinski definition) is 1. The number of quaternary nitrogens is 1. The number of rotatable bonds is 7. The van der Waals surface area contributed by atoms with Gasteiger partial charge in [0.25, 0.3) is 5.56 Å². The Morgan fingerprint density at radius 2 is 1.78 bits per heavy atom. The zero-order valence-electron chi connectivity index (χ0n) is 16.5. The minimum absolute atomic E-state index is 0.0411. The van der Waals surface area contributed by atoms with Gasteiger partial charge in [0.05, 0.1) is 29.7 Å². The van der Waals surface area contributed by atoms with Crippen LogP contribution in [0.15, 0.2) is 53.3 Å². The molecule has 0 saturated heterocycles. The Morgan fingerprint density at radius 1 is 1.07 bits per heavy atom. The lowest BCUT2D eigenvalue weighted by Gasteiger charge is -2.20. The van der Waals surface area contributed by atoms with Gasteiger partial charge in [-0.05, 0) is 38.1 Å². The van der Waals surface area contributed by atoms with Crippen molar-refractivity contribution in [1.29, 1.82) is 0 Å².